The SMILES string of the molecule is CCCn1ncc(CN2CCN(CC(C)(C)C)[C@H](CCO)C2)c1C. The summed E-state index contributed by atoms with van der Waals surface area (Å²) < 4.78 is 2.12. The Hall–Kier alpha value is -0.910. The van der Waals surface area contributed by atoms with Crippen molar-refractivity contribution in [3.63, 3.8) is 0 Å². The first-order valence-electron chi connectivity index (χ1n) is 9.42. The Balaban J connectivity index is 1.98. The monoisotopic (exact) mass is 336 g/mol. The lowest BCUT2D eigenvalue weighted by molar-refractivity contribution is 0.0339. The van der Waals surface area contributed by atoms with Gasteiger partial charge < -0.3 is 5.11 Å². The lowest BCUT2D eigenvalue weighted by Gasteiger charge is -2.44. The third-order valence-electron chi connectivity index (χ3n) is 4.86. The van der Waals surface area contributed by atoms with Gasteiger partial charge in [0, 0.05) is 63.2 Å². The Kier molecular flexibility index (Phi) is 6.84. The molecule has 0 unspecified atom stereocenters. The molecule has 2 heterocycles. The highest BCUT2D eigenvalue weighted by atomic mass is 16.3. The molecule has 1 aromatic heterocycles. The fourth-order valence-electron chi connectivity index (χ4n) is 3.66. The minimum atomic E-state index is 0.270. The average molecular weight is 337 g/mol. The number of aryl methyl sites for hydroxylation is 1. The van der Waals surface area contributed by atoms with E-state index in [9.17, 15) is 5.11 Å². The van der Waals surface area contributed by atoms with Gasteiger partial charge in [-0.05, 0) is 25.2 Å². The predicted molar refractivity (Wildman–Crippen MR) is 99.1 cm³/mol. The van der Waals surface area contributed by atoms with E-state index in [1.54, 1.807) is 0 Å². The molecule has 0 bridgehead atoms. The molecule has 1 fully saturated rings. The lowest BCUT2D eigenvalue weighted by Crippen LogP contribution is -2.54. The van der Waals surface area contributed by atoms with E-state index < -0.39 is 0 Å². The number of nitrogens with zero attached hydrogens (tertiary/aromatic N) is 4. The topological polar surface area (TPSA) is 44.5 Å². The van der Waals surface area contributed by atoms with Gasteiger partial charge >= 0.3 is 0 Å². The van der Waals surface area contributed by atoms with Crippen molar-refractivity contribution in [2.45, 2.75) is 66.6 Å². The molecule has 1 aliphatic heterocycles. The van der Waals surface area contributed by atoms with Gasteiger partial charge in [-0.2, -0.15) is 5.10 Å². The van der Waals surface area contributed by atoms with Crippen LogP contribution in [0, 0.1) is 12.3 Å². The number of hydrogen-bond donors (Lipinski definition) is 1. The smallest absolute Gasteiger partial charge is 0.0537 e. The molecule has 1 aromatic rings. The Morgan fingerprint density at radius 1 is 1.29 bits per heavy atom. The van der Waals surface area contributed by atoms with Crippen molar-refractivity contribution < 1.29 is 5.11 Å². The van der Waals surface area contributed by atoms with Gasteiger partial charge in [0.15, 0.2) is 0 Å². The van der Waals surface area contributed by atoms with E-state index in [0.717, 1.165) is 52.1 Å². The zero-order chi connectivity index (χ0) is 17.7. The Labute approximate surface area is 147 Å². The molecule has 0 amide bonds. The van der Waals surface area contributed by atoms with Gasteiger partial charge in [0.25, 0.3) is 0 Å². The highest BCUT2D eigenvalue weighted by Gasteiger charge is 2.29. The van der Waals surface area contributed by atoms with Crippen LogP contribution in [0.3, 0.4) is 0 Å². The molecule has 0 spiro atoms. The van der Waals surface area contributed by atoms with Crippen LogP contribution in [0.15, 0.2) is 6.20 Å². The van der Waals surface area contributed by atoms with Crippen LogP contribution in [0.2, 0.25) is 0 Å². The molecule has 1 atom stereocenters. The van der Waals surface area contributed by atoms with Crippen LogP contribution in [0.1, 0.15) is 51.8 Å². The molecular formula is C19H36N4O. The van der Waals surface area contributed by atoms with E-state index in [1.165, 1.54) is 11.3 Å². The minimum absolute atomic E-state index is 0.270. The van der Waals surface area contributed by atoms with Gasteiger partial charge in [-0.15, -0.1) is 0 Å². The maximum atomic E-state index is 9.46. The normalized spacial score (nSPS) is 20.7. The van der Waals surface area contributed by atoms with Crippen LogP contribution in [0.5, 0.6) is 0 Å². The molecule has 24 heavy (non-hydrogen) atoms. The summed E-state index contributed by atoms with van der Waals surface area (Å²) in [6.45, 7) is 17.8. The summed E-state index contributed by atoms with van der Waals surface area (Å²) in [5, 5.41) is 14.0. The Bertz CT molecular complexity index is 506. The first-order valence-corrected chi connectivity index (χ1v) is 9.42. The number of aromatic nitrogens is 2. The lowest BCUT2D eigenvalue weighted by atomic mass is 9.94. The van der Waals surface area contributed by atoms with Crippen LogP contribution in [-0.2, 0) is 13.1 Å². The summed E-state index contributed by atoms with van der Waals surface area (Å²) in [4.78, 5) is 5.10. The van der Waals surface area contributed by atoms with Gasteiger partial charge in [-0.3, -0.25) is 14.5 Å². The fourth-order valence-corrected chi connectivity index (χ4v) is 3.66. The first-order chi connectivity index (χ1) is 11.3. The van der Waals surface area contributed by atoms with Gasteiger partial charge in [0.05, 0.1) is 6.20 Å². The third kappa shape index (κ3) is 5.30. The van der Waals surface area contributed by atoms with Crippen LogP contribution in [-0.4, -0.2) is 63.5 Å². The van der Waals surface area contributed by atoms with E-state index in [2.05, 4.69) is 54.2 Å². The van der Waals surface area contributed by atoms with E-state index in [0.29, 0.717) is 11.5 Å². The maximum Gasteiger partial charge on any atom is 0.0537 e. The number of aliphatic hydroxyl groups is 1. The summed E-state index contributed by atoms with van der Waals surface area (Å²) in [5.41, 5.74) is 2.94. The van der Waals surface area contributed by atoms with Crippen molar-refractivity contribution in [3.05, 3.63) is 17.5 Å². The van der Waals surface area contributed by atoms with Gasteiger partial charge in [0.2, 0.25) is 0 Å². The molecule has 1 saturated heterocycles. The van der Waals surface area contributed by atoms with E-state index in [4.69, 9.17) is 0 Å². The van der Waals surface area contributed by atoms with Crippen molar-refractivity contribution >= 4 is 0 Å². The molecule has 0 aromatic carbocycles. The highest BCUT2D eigenvalue weighted by Crippen LogP contribution is 2.22. The van der Waals surface area contributed by atoms with E-state index in [-0.39, 0.29) is 6.61 Å². The van der Waals surface area contributed by atoms with Crippen molar-refractivity contribution in [3.8, 4) is 0 Å². The standard InChI is InChI=1S/C19H36N4O/c1-6-8-23-16(2)17(12-20-23)13-21-9-10-22(15-19(3,4)5)18(14-21)7-11-24/h12,18,24H,6-11,13-15H2,1-5H3/t18-/m1/s1. The largest absolute Gasteiger partial charge is 0.396 e. The molecule has 1 N–H and O–H groups in total. The molecule has 138 valence electrons. The molecule has 0 radical (unpaired) electrons. The van der Waals surface area contributed by atoms with Crippen molar-refractivity contribution in [2.75, 3.05) is 32.8 Å². The summed E-state index contributed by atoms with van der Waals surface area (Å²) in [7, 11) is 0. The molecule has 1 aliphatic rings. The highest BCUT2D eigenvalue weighted by molar-refractivity contribution is 5.16. The second-order valence-electron chi connectivity index (χ2n) is 8.41. The number of aliphatic hydroxyl groups excluding tert-OH is 1. The second-order valence-corrected chi connectivity index (χ2v) is 8.41. The summed E-state index contributed by atoms with van der Waals surface area (Å²) in [5.74, 6) is 0. The fraction of sp³-hybridized carbons (Fsp3) is 0.842. The van der Waals surface area contributed by atoms with Crippen molar-refractivity contribution in [1.29, 1.82) is 0 Å². The molecule has 5 heteroatoms. The van der Waals surface area contributed by atoms with E-state index in [1.807, 2.05) is 6.20 Å². The molecule has 5 nitrogen and oxygen atoms in total. The molecule has 2 rings (SSSR count). The predicted octanol–water partition coefficient (Wildman–Crippen LogP) is 2.52. The zero-order valence-corrected chi connectivity index (χ0v) is 16.3. The first kappa shape index (κ1) is 19.4. The third-order valence-corrected chi connectivity index (χ3v) is 4.86. The zero-order valence-electron chi connectivity index (χ0n) is 16.3. The number of rotatable bonds is 7. The Morgan fingerprint density at radius 2 is 2.04 bits per heavy atom. The van der Waals surface area contributed by atoms with Crippen LogP contribution in [0.25, 0.3) is 0 Å². The van der Waals surface area contributed by atoms with Gasteiger partial charge in [-0.1, -0.05) is 27.7 Å². The van der Waals surface area contributed by atoms with Crippen LogP contribution in [0.4, 0.5) is 0 Å². The maximum absolute atomic E-state index is 9.46. The van der Waals surface area contributed by atoms with Crippen LogP contribution >= 0.6 is 0 Å². The minimum Gasteiger partial charge on any atom is -0.396 e. The summed E-state index contributed by atoms with van der Waals surface area (Å²) in [6, 6.07) is 0.453. The second kappa shape index (κ2) is 8.45. The van der Waals surface area contributed by atoms with Gasteiger partial charge in [0.1, 0.15) is 0 Å². The molecular weight excluding hydrogens is 300 g/mol. The summed E-state index contributed by atoms with van der Waals surface area (Å²) in [6.07, 6.45) is 4.01. The molecule has 0 aliphatic carbocycles. The van der Waals surface area contributed by atoms with Crippen molar-refractivity contribution in [2.24, 2.45) is 5.41 Å². The van der Waals surface area contributed by atoms with Crippen LogP contribution < -0.4 is 0 Å². The van der Waals surface area contributed by atoms with Gasteiger partial charge in [-0.25, -0.2) is 0 Å². The van der Waals surface area contributed by atoms with E-state index >= 15 is 0 Å². The Morgan fingerprint density at radius 3 is 2.67 bits per heavy atom. The molecule has 0 saturated carbocycles. The quantitative estimate of drug-likeness (QED) is 0.831. The van der Waals surface area contributed by atoms with Crippen molar-refractivity contribution in [1.82, 2.24) is 19.6 Å². The summed E-state index contributed by atoms with van der Waals surface area (Å²) >= 11 is 0. The number of hydrogen-bond acceptors (Lipinski definition) is 4. The number of piperazine rings is 1. The average Bonchev–Trinajstić information content (AvgIpc) is 2.82.